The largest absolute Gasteiger partial charge is 0.492 e. The average Bonchev–Trinajstić information content (AvgIpc) is 3.83. The van der Waals surface area contributed by atoms with Crippen LogP contribution in [0.5, 0.6) is 10.9 Å². The number of aromatic amines is 1. The number of ether oxygens (including phenoxy) is 4. The van der Waals surface area contributed by atoms with Gasteiger partial charge < -0.3 is 29.6 Å². The van der Waals surface area contributed by atoms with Gasteiger partial charge >= 0.3 is 12.1 Å². The smallest absolute Gasteiger partial charge is 0.407 e. The van der Waals surface area contributed by atoms with Gasteiger partial charge in [-0.3, -0.25) is 0 Å². The number of pyridine rings is 1. The van der Waals surface area contributed by atoms with Gasteiger partial charge in [0.1, 0.15) is 17.2 Å². The van der Waals surface area contributed by atoms with E-state index in [2.05, 4.69) is 26.9 Å². The highest BCUT2D eigenvalue weighted by molar-refractivity contribution is 7.13. The van der Waals surface area contributed by atoms with E-state index >= 15 is 0 Å². The van der Waals surface area contributed by atoms with Crippen LogP contribution in [0.1, 0.15) is 84.7 Å². The number of alkyl carbamates (subject to hydrolysis) is 1. The van der Waals surface area contributed by atoms with Gasteiger partial charge in [-0.05, 0) is 64.2 Å². The predicted molar refractivity (Wildman–Crippen MR) is 178 cm³/mol. The molecule has 1 aliphatic carbocycles. The van der Waals surface area contributed by atoms with Crippen molar-refractivity contribution in [2.45, 2.75) is 90.1 Å². The molecule has 13 heteroatoms. The number of hydrogen-bond donors (Lipinski definition) is 3. The lowest BCUT2D eigenvalue weighted by Gasteiger charge is -2.25. The Hall–Kier alpha value is -4.49. The van der Waals surface area contributed by atoms with Crippen LogP contribution in [0.25, 0.3) is 11.1 Å². The molecule has 2 unspecified atom stereocenters. The molecule has 12 nitrogen and oxygen atoms in total. The van der Waals surface area contributed by atoms with E-state index in [9.17, 15) is 9.59 Å². The fourth-order valence-corrected chi connectivity index (χ4v) is 7.33. The Kier molecular flexibility index (Phi) is 9.06. The molecule has 0 saturated carbocycles. The van der Waals surface area contributed by atoms with E-state index in [0.717, 1.165) is 83.1 Å². The first-order valence-corrected chi connectivity index (χ1v) is 17.4. The maximum absolute atomic E-state index is 13.1. The first kappa shape index (κ1) is 32.1. The third-order valence-electron chi connectivity index (χ3n) is 8.59. The zero-order valence-electron chi connectivity index (χ0n) is 27.5. The molecule has 7 rings (SSSR count). The molecule has 2 atom stereocenters. The number of hydrogen-bond acceptors (Lipinski definition) is 10. The molecular formula is C35H41N6O6S+. The summed E-state index contributed by atoms with van der Waals surface area (Å²) in [5.41, 5.74) is 4.70. The molecule has 0 radical (unpaired) electrons. The summed E-state index contributed by atoms with van der Waals surface area (Å²) in [5, 5.41) is 10.0. The molecule has 2 aliphatic heterocycles. The number of esters is 1. The predicted octanol–water partition coefficient (Wildman–Crippen LogP) is 5.67. The van der Waals surface area contributed by atoms with Crippen molar-refractivity contribution < 1.29 is 33.2 Å². The van der Waals surface area contributed by atoms with Gasteiger partial charge in [-0.1, -0.05) is 28.2 Å². The fraction of sp³-hybridized carbons (Fsp3) is 0.457. The second-order valence-electron chi connectivity index (χ2n) is 13.4. The highest BCUT2D eigenvalue weighted by atomic mass is 32.1. The second kappa shape index (κ2) is 13.6. The van der Waals surface area contributed by atoms with E-state index in [0.29, 0.717) is 36.8 Å². The third-order valence-corrected chi connectivity index (χ3v) is 9.59. The van der Waals surface area contributed by atoms with Gasteiger partial charge in [-0.2, -0.15) is 5.10 Å². The lowest BCUT2D eigenvalue weighted by molar-refractivity contribution is -0.810. The van der Waals surface area contributed by atoms with E-state index in [1.54, 1.807) is 6.07 Å². The quantitative estimate of drug-likeness (QED) is 0.159. The minimum atomic E-state index is -0.557. The van der Waals surface area contributed by atoms with Crippen molar-refractivity contribution in [2.75, 3.05) is 18.5 Å². The Bertz CT molecular complexity index is 1810. The highest BCUT2D eigenvalue weighted by Crippen LogP contribution is 2.39. The number of amides is 1. The van der Waals surface area contributed by atoms with Crippen molar-refractivity contribution in [3.63, 3.8) is 0 Å². The number of nitrogens with one attached hydrogen (secondary N) is 3. The monoisotopic (exact) mass is 673 g/mol. The summed E-state index contributed by atoms with van der Waals surface area (Å²) in [6.07, 6.45) is 11.5. The number of H-pyrrole nitrogens is 1. The van der Waals surface area contributed by atoms with Crippen molar-refractivity contribution in [3.05, 3.63) is 70.1 Å². The van der Waals surface area contributed by atoms with Crippen LogP contribution in [0.4, 0.5) is 10.6 Å². The van der Waals surface area contributed by atoms with Crippen LogP contribution in [0.15, 0.2) is 42.9 Å². The molecule has 0 bridgehead atoms. The molecule has 0 spiro atoms. The maximum Gasteiger partial charge on any atom is 0.407 e. The molecule has 3 aromatic heterocycles. The van der Waals surface area contributed by atoms with E-state index in [1.807, 2.05) is 56.0 Å². The summed E-state index contributed by atoms with van der Waals surface area (Å²) in [5.74, 6) is 1.15. The number of nitrogens with zero attached hydrogens (tertiary/aromatic N) is 3. The van der Waals surface area contributed by atoms with Crippen LogP contribution in [0.3, 0.4) is 0 Å². The third kappa shape index (κ3) is 7.31. The Morgan fingerprint density at radius 2 is 2.06 bits per heavy atom. The number of carbonyl (C=O) groups is 2. The number of thiazole rings is 1. The van der Waals surface area contributed by atoms with Crippen LogP contribution in [0.2, 0.25) is 0 Å². The van der Waals surface area contributed by atoms with Crippen LogP contribution in [-0.4, -0.2) is 52.0 Å². The first-order chi connectivity index (χ1) is 23.2. The molecule has 5 heterocycles. The van der Waals surface area contributed by atoms with Crippen molar-refractivity contribution in [1.82, 2.24) is 20.4 Å². The SMILES string of the molecule is CC(C)(C)OC(=O)NC1CCc2nc(OC(=O)c3cccc(CNc4ncc(-c5c[nH][n+](C6CCCCO6)c5)c5c4CCO5)c3)sc2C1. The number of aromatic nitrogens is 4. The first-order valence-electron chi connectivity index (χ1n) is 16.6. The summed E-state index contributed by atoms with van der Waals surface area (Å²) < 4.78 is 25.1. The maximum atomic E-state index is 13.1. The summed E-state index contributed by atoms with van der Waals surface area (Å²) in [7, 11) is 0. The van der Waals surface area contributed by atoms with Crippen molar-refractivity contribution in [1.29, 1.82) is 0 Å². The van der Waals surface area contributed by atoms with E-state index < -0.39 is 17.7 Å². The van der Waals surface area contributed by atoms with E-state index in [1.165, 1.54) is 11.3 Å². The Morgan fingerprint density at radius 1 is 1.17 bits per heavy atom. The number of fused-ring (bicyclic) bond motifs is 2. The molecule has 3 aliphatic rings. The van der Waals surface area contributed by atoms with Gasteiger partial charge in [-0.25, -0.2) is 19.6 Å². The topological polar surface area (TPSA) is 141 Å². The number of anilines is 1. The summed E-state index contributed by atoms with van der Waals surface area (Å²) in [4.78, 5) is 35.7. The second-order valence-corrected chi connectivity index (χ2v) is 14.4. The van der Waals surface area contributed by atoms with E-state index in [4.69, 9.17) is 23.9 Å². The zero-order chi connectivity index (χ0) is 33.3. The molecule has 1 fully saturated rings. The molecule has 3 N–H and O–H groups in total. The molecule has 252 valence electrons. The Labute approximate surface area is 283 Å². The molecule has 1 aromatic carbocycles. The van der Waals surface area contributed by atoms with Crippen LogP contribution >= 0.6 is 11.3 Å². The van der Waals surface area contributed by atoms with Crippen LogP contribution in [-0.2, 0) is 35.3 Å². The highest BCUT2D eigenvalue weighted by Gasteiger charge is 2.29. The molecular weight excluding hydrogens is 632 g/mol. The zero-order valence-corrected chi connectivity index (χ0v) is 28.3. The normalized spacial score (nSPS) is 18.7. The van der Waals surface area contributed by atoms with Gasteiger partial charge in [0.2, 0.25) is 6.20 Å². The molecule has 1 saturated heterocycles. The summed E-state index contributed by atoms with van der Waals surface area (Å²) in [6.45, 7) is 7.37. The van der Waals surface area contributed by atoms with Gasteiger partial charge in [0.15, 0.2) is 0 Å². The van der Waals surface area contributed by atoms with Gasteiger partial charge in [0, 0.05) is 48.5 Å². The minimum absolute atomic E-state index is 0.0258. The van der Waals surface area contributed by atoms with Crippen molar-refractivity contribution in [3.8, 4) is 22.1 Å². The number of carbonyl (C=O) groups excluding carboxylic acids is 2. The number of benzene rings is 1. The van der Waals surface area contributed by atoms with Crippen LogP contribution in [0, 0.1) is 0 Å². The molecule has 4 aromatic rings. The van der Waals surface area contributed by atoms with Crippen molar-refractivity contribution in [2.24, 2.45) is 0 Å². The summed E-state index contributed by atoms with van der Waals surface area (Å²) in [6, 6.07) is 7.30. The Balaban J connectivity index is 0.971. The van der Waals surface area contributed by atoms with Crippen LogP contribution < -0.4 is 24.8 Å². The minimum Gasteiger partial charge on any atom is -0.492 e. The van der Waals surface area contributed by atoms with Gasteiger partial charge in [0.25, 0.3) is 11.4 Å². The molecule has 1 amide bonds. The number of rotatable bonds is 8. The lowest BCUT2D eigenvalue weighted by atomic mass is 9.98. The van der Waals surface area contributed by atoms with Gasteiger partial charge in [-0.15, -0.1) is 0 Å². The lowest BCUT2D eigenvalue weighted by Crippen LogP contribution is -2.43. The van der Waals surface area contributed by atoms with Crippen molar-refractivity contribution >= 4 is 29.2 Å². The average molecular weight is 674 g/mol. The molecule has 48 heavy (non-hydrogen) atoms. The van der Waals surface area contributed by atoms with E-state index in [-0.39, 0.29) is 12.3 Å². The Morgan fingerprint density at radius 3 is 2.90 bits per heavy atom. The standard InChI is InChI=1S/C35H40N6O6S/c1-35(2,3)47-33(43)39-24-10-11-27-28(16-24)48-34(40-27)46-32(42)22-8-6-7-21(15-22)17-36-31-25-12-14-45-30(25)26(19-37-31)23-18-38-41(20-23)29-9-4-5-13-44-29/h6-8,15,18-20,24,29H,4-5,9-14,16-17H2,1-3H3,(H2,36,37,39,43)/p+1. The summed E-state index contributed by atoms with van der Waals surface area (Å²) >= 11 is 1.35. The fourth-order valence-electron chi connectivity index (χ4n) is 6.30. The number of aryl methyl sites for hydroxylation is 1. The van der Waals surface area contributed by atoms with Gasteiger partial charge in [0.05, 0.1) is 41.8 Å².